The lowest BCUT2D eigenvalue weighted by atomic mass is 10.1. The number of thiazole rings is 1. The van der Waals surface area contributed by atoms with Crippen molar-refractivity contribution < 1.29 is 0 Å². The van der Waals surface area contributed by atoms with Crippen LogP contribution in [0.4, 0.5) is 0 Å². The van der Waals surface area contributed by atoms with Crippen LogP contribution in [0.5, 0.6) is 0 Å². The van der Waals surface area contributed by atoms with Gasteiger partial charge in [0, 0.05) is 36.3 Å². The molecule has 0 aliphatic carbocycles. The van der Waals surface area contributed by atoms with Crippen LogP contribution in [0.25, 0.3) is 0 Å². The maximum absolute atomic E-state index is 4.32. The Labute approximate surface area is 132 Å². The average molecular weight is 305 g/mol. The smallest absolute Gasteiger partial charge is 0.0797 e. The van der Waals surface area contributed by atoms with Crippen molar-refractivity contribution in [1.29, 1.82) is 0 Å². The first-order valence-corrected chi connectivity index (χ1v) is 8.90. The molecule has 2 rings (SSSR count). The summed E-state index contributed by atoms with van der Waals surface area (Å²) in [6, 6.07) is 2.77. The van der Waals surface area contributed by atoms with Crippen molar-refractivity contribution in [2.45, 2.75) is 59.0 Å². The van der Waals surface area contributed by atoms with Gasteiger partial charge >= 0.3 is 0 Å². The molecule has 0 aromatic carbocycles. The largest absolute Gasteiger partial charge is 0.354 e. The first-order chi connectivity index (χ1) is 10.2. The molecule has 1 unspecified atom stereocenters. The summed E-state index contributed by atoms with van der Waals surface area (Å²) in [5.41, 5.74) is 4.55. The van der Waals surface area contributed by atoms with Crippen LogP contribution in [-0.4, -0.2) is 16.1 Å². The van der Waals surface area contributed by atoms with Gasteiger partial charge < -0.3 is 9.88 Å². The third-order valence-electron chi connectivity index (χ3n) is 3.84. The van der Waals surface area contributed by atoms with Crippen molar-refractivity contribution in [3.05, 3.63) is 40.1 Å². The number of aryl methyl sites for hydroxylation is 3. The van der Waals surface area contributed by atoms with E-state index in [2.05, 4.69) is 54.1 Å². The minimum Gasteiger partial charge on any atom is -0.354 e. The Morgan fingerprint density at radius 1 is 1.33 bits per heavy atom. The number of hydrogen-bond acceptors (Lipinski definition) is 3. The van der Waals surface area contributed by atoms with E-state index in [-0.39, 0.29) is 0 Å². The van der Waals surface area contributed by atoms with Crippen molar-refractivity contribution in [1.82, 2.24) is 14.9 Å². The summed E-state index contributed by atoms with van der Waals surface area (Å²) >= 11 is 1.76. The van der Waals surface area contributed by atoms with Crippen LogP contribution in [0.1, 0.15) is 55.3 Å². The number of nitrogens with one attached hydrogen (secondary N) is 1. The van der Waals surface area contributed by atoms with Gasteiger partial charge in [-0.2, -0.15) is 0 Å². The molecule has 1 N–H and O–H groups in total. The SMILES string of the molecule is CCCNC(CCC)c1ccn(CCc2scnc2C)c1. The molecule has 0 bridgehead atoms. The minimum atomic E-state index is 0.501. The molecule has 0 fully saturated rings. The maximum Gasteiger partial charge on any atom is 0.0797 e. The average Bonchev–Trinajstić information content (AvgIpc) is 3.10. The van der Waals surface area contributed by atoms with E-state index >= 15 is 0 Å². The van der Waals surface area contributed by atoms with Crippen LogP contribution in [0, 0.1) is 6.92 Å². The zero-order chi connectivity index (χ0) is 15.1. The van der Waals surface area contributed by atoms with Gasteiger partial charge in [0.1, 0.15) is 0 Å². The normalized spacial score (nSPS) is 12.7. The topological polar surface area (TPSA) is 29.9 Å². The lowest BCUT2D eigenvalue weighted by Crippen LogP contribution is -2.21. The molecule has 21 heavy (non-hydrogen) atoms. The number of rotatable bonds is 9. The molecule has 0 amide bonds. The lowest BCUT2D eigenvalue weighted by Gasteiger charge is -2.16. The number of nitrogens with zero attached hydrogens (tertiary/aromatic N) is 2. The third-order valence-corrected chi connectivity index (χ3v) is 4.83. The highest BCUT2D eigenvalue weighted by Gasteiger charge is 2.11. The monoisotopic (exact) mass is 305 g/mol. The molecule has 2 aromatic heterocycles. The predicted molar refractivity (Wildman–Crippen MR) is 90.9 cm³/mol. The van der Waals surface area contributed by atoms with Gasteiger partial charge in [-0.1, -0.05) is 20.3 Å². The second-order valence-electron chi connectivity index (χ2n) is 5.59. The molecular weight excluding hydrogens is 278 g/mol. The van der Waals surface area contributed by atoms with Crippen LogP contribution >= 0.6 is 11.3 Å². The van der Waals surface area contributed by atoms with E-state index in [1.807, 2.05) is 5.51 Å². The molecule has 0 aliphatic heterocycles. The summed E-state index contributed by atoms with van der Waals surface area (Å²) in [5.74, 6) is 0. The Balaban J connectivity index is 1.94. The molecule has 1 atom stereocenters. The van der Waals surface area contributed by atoms with Gasteiger partial charge in [-0.15, -0.1) is 11.3 Å². The Hall–Kier alpha value is -1.13. The van der Waals surface area contributed by atoms with Crippen LogP contribution in [0.2, 0.25) is 0 Å². The van der Waals surface area contributed by atoms with Gasteiger partial charge in [0.05, 0.1) is 11.2 Å². The van der Waals surface area contributed by atoms with Gasteiger partial charge in [-0.05, 0) is 37.9 Å². The van der Waals surface area contributed by atoms with Crippen molar-refractivity contribution >= 4 is 11.3 Å². The van der Waals surface area contributed by atoms with E-state index in [1.54, 1.807) is 11.3 Å². The molecule has 0 aliphatic rings. The van der Waals surface area contributed by atoms with E-state index < -0.39 is 0 Å². The summed E-state index contributed by atoms with van der Waals surface area (Å²) in [5, 5.41) is 3.66. The van der Waals surface area contributed by atoms with Crippen molar-refractivity contribution in [3.8, 4) is 0 Å². The van der Waals surface area contributed by atoms with Gasteiger partial charge in [0.2, 0.25) is 0 Å². The molecule has 2 aromatic rings. The first kappa shape index (κ1) is 16.2. The van der Waals surface area contributed by atoms with Crippen LogP contribution in [0.3, 0.4) is 0 Å². The van der Waals surface area contributed by atoms with Gasteiger partial charge in [-0.3, -0.25) is 0 Å². The first-order valence-electron chi connectivity index (χ1n) is 8.02. The summed E-state index contributed by atoms with van der Waals surface area (Å²) in [7, 11) is 0. The highest BCUT2D eigenvalue weighted by molar-refractivity contribution is 7.09. The van der Waals surface area contributed by atoms with Crippen molar-refractivity contribution in [2.75, 3.05) is 6.54 Å². The zero-order valence-electron chi connectivity index (χ0n) is 13.4. The fraction of sp³-hybridized carbons (Fsp3) is 0.588. The molecule has 0 spiro atoms. The highest BCUT2D eigenvalue weighted by Crippen LogP contribution is 2.20. The van der Waals surface area contributed by atoms with E-state index in [4.69, 9.17) is 0 Å². The van der Waals surface area contributed by atoms with E-state index in [0.29, 0.717) is 6.04 Å². The Morgan fingerprint density at radius 3 is 2.86 bits per heavy atom. The fourth-order valence-corrected chi connectivity index (χ4v) is 3.37. The summed E-state index contributed by atoms with van der Waals surface area (Å²) in [6.07, 6.45) is 9.20. The van der Waals surface area contributed by atoms with Crippen LogP contribution < -0.4 is 5.32 Å². The van der Waals surface area contributed by atoms with Gasteiger partial charge in [0.25, 0.3) is 0 Å². The van der Waals surface area contributed by atoms with Crippen LogP contribution in [-0.2, 0) is 13.0 Å². The number of aromatic nitrogens is 2. The highest BCUT2D eigenvalue weighted by atomic mass is 32.1. The second-order valence-corrected chi connectivity index (χ2v) is 6.53. The zero-order valence-corrected chi connectivity index (χ0v) is 14.2. The van der Waals surface area contributed by atoms with E-state index in [1.165, 1.54) is 35.4 Å². The standard InChI is InChI=1S/C17H27N3S/c1-4-6-16(18-9-5-2)15-7-10-20(12-15)11-8-17-14(3)19-13-21-17/h7,10,12-13,16,18H,4-6,8-9,11H2,1-3H3. The van der Waals surface area contributed by atoms with Crippen LogP contribution in [0.15, 0.2) is 24.0 Å². The Bertz CT molecular complexity index is 530. The Morgan fingerprint density at radius 2 is 2.19 bits per heavy atom. The van der Waals surface area contributed by atoms with Gasteiger partial charge in [0.15, 0.2) is 0 Å². The molecule has 0 radical (unpaired) electrons. The molecule has 0 saturated heterocycles. The maximum atomic E-state index is 4.32. The van der Waals surface area contributed by atoms with Crippen molar-refractivity contribution in [2.24, 2.45) is 0 Å². The summed E-state index contributed by atoms with van der Waals surface area (Å²) < 4.78 is 2.31. The van der Waals surface area contributed by atoms with Crippen molar-refractivity contribution in [3.63, 3.8) is 0 Å². The quantitative estimate of drug-likeness (QED) is 0.747. The van der Waals surface area contributed by atoms with E-state index in [9.17, 15) is 0 Å². The molecule has 0 saturated carbocycles. The summed E-state index contributed by atoms with van der Waals surface area (Å²) in [6.45, 7) is 8.70. The molecule has 116 valence electrons. The lowest BCUT2D eigenvalue weighted by molar-refractivity contribution is 0.493. The molecular formula is C17H27N3S. The minimum absolute atomic E-state index is 0.501. The van der Waals surface area contributed by atoms with Gasteiger partial charge in [-0.25, -0.2) is 4.98 Å². The molecule has 4 heteroatoms. The molecule has 2 heterocycles. The second kappa shape index (κ2) is 8.35. The number of hydrogen-bond donors (Lipinski definition) is 1. The predicted octanol–water partition coefficient (Wildman–Crippen LogP) is 4.34. The van der Waals surface area contributed by atoms with E-state index in [0.717, 1.165) is 19.5 Å². The molecule has 3 nitrogen and oxygen atoms in total. The third kappa shape index (κ3) is 4.68. The fourth-order valence-electron chi connectivity index (χ4n) is 2.60. The Kier molecular flexibility index (Phi) is 6.46. The summed E-state index contributed by atoms with van der Waals surface area (Å²) in [4.78, 5) is 5.72.